The van der Waals surface area contributed by atoms with E-state index in [0.717, 1.165) is 16.8 Å². The first-order chi connectivity index (χ1) is 8.16. The van der Waals surface area contributed by atoms with Crippen molar-refractivity contribution in [3.8, 4) is 0 Å². The Bertz CT molecular complexity index is 511. The summed E-state index contributed by atoms with van der Waals surface area (Å²) in [6.45, 7) is 2.97. The molecule has 1 heterocycles. The van der Waals surface area contributed by atoms with Crippen molar-refractivity contribution in [1.29, 1.82) is 0 Å². The number of benzene rings is 1. The van der Waals surface area contributed by atoms with Gasteiger partial charge in [0.2, 0.25) is 0 Å². The molecule has 0 fully saturated rings. The lowest BCUT2D eigenvalue weighted by Crippen LogP contribution is -2.18. The Morgan fingerprint density at radius 2 is 2.06 bits per heavy atom. The topological polar surface area (TPSA) is 16.1 Å². The molecule has 88 valence electrons. The predicted octanol–water partition coefficient (Wildman–Crippen LogP) is 3.79. The lowest BCUT2D eigenvalue weighted by molar-refractivity contribution is 0.893. The highest BCUT2D eigenvalue weighted by Crippen LogP contribution is 2.23. The van der Waals surface area contributed by atoms with Crippen molar-refractivity contribution in [2.75, 3.05) is 11.9 Å². The third-order valence-corrected chi connectivity index (χ3v) is 3.22. The van der Waals surface area contributed by atoms with E-state index in [2.05, 4.69) is 64.1 Å². The van der Waals surface area contributed by atoms with E-state index < -0.39 is 0 Å². The Balaban J connectivity index is 2.17. The van der Waals surface area contributed by atoms with E-state index in [1.165, 1.54) is 11.1 Å². The molecule has 2 rings (SSSR count). The number of nitrogens with zero attached hydrogens (tertiary/aromatic N) is 2. The second kappa shape index (κ2) is 5.32. The van der Waals surface area contributed by atoms with Crippen molar-refractivity contribution < 1.29 is 0 Å². The van der Waals surface area contributed by atoms with Crippen LogP contribution in [0.1, 0.15) is 11.1 Å². The summed E-state index contributed by atoms with van der Waals surface area (Å²) in [5.74, 6) is 0.967. The van der Waals surface area contributed by atoms with Crippen molar-refractivity contribution in [2.45, 2.75) is 13.5 Å². The third kappa shape index (κ3) is 3.07. The molecule has 3 heteroatoms. The number of pyridine rings is 1. The second-order valence-electron chi connectivity index (χ2n) is 4.15. The van der Waals surface area contributed by atoms with Gasteiger partial charge in [0, 0.05) is 19.8 Å². The number of aryl methyl sites for hydroxylation is 1. The summed E-state index contributed by atoms with van der Waals surface area (Å²) in [6.07, 6.45) is 1.81. The van der Waals surface area contributed by atoms with E-state index in [-0.39, 0.29) is 0 Å². The summed E-state index contributed by atoms with van der Waals surface area (Å²) < 4.78 is 1.02. The highest BCUT2D eigenvalue weighted by Gasteiger charge is 2.06. The molecule has 0 aliphatic heterocycles. The first kappa shape index (κ1) is 12.1. The zero-order chi connectivity index (χ0) is 12.3. The molecule has 0 atom stereocenters. The fourth-order valence-electron chi connectivity index (χ4n) is 1.82. The van der Waals surface area contributed by atoms with E-state index >= 15 is 0 Å². The molecule has 0 aliphatic carbocycles. The van der Waals surface area contributed by atoms with Gasteiger partial charge >= 0.3 is 0 Å². The SMILES string of the molecule is Cc1cccc(CN(C)c2ncccc2Br)c1. The van der Waals surface area contributed by atoms with E-state index in [1.54, 1.807) is 0 Å². The van der Waals surface area contributed by atoms with Crippen LogP contribution in [0.4, 0.5) is 5.82 Å². The lowest BCUT2D eigenvalue weighted by Gasteiger charge is -2.19. The van der Waals surface area contributed by atoms with Crippen molar-refractivity contribution in [2.24, 2.45) is 0 Å². The van der Waals surface area contributed by atoms with E-state index in [9.17, 15) is 0 Å². The number of halogens is 1. The molecule has 0 spiro atoms. The minimum atomic E-state index is 0.858. The maximum Gasteiger partial charge on any atom is 0.142 e. The molecular formula is C14H15BrN2. The van der Waals surface area contributed by atoms with Crippen molar-refractivity contribution in [1.82, 2.24) is 4.98 Å². The number of aromatic nitrogens is 1. The fraction of sp³-hybridized carbons (Fsp3) is 0.214. The molecule has 0 saturated heterocycles. The Hall–Kier alpha value is -1.35. The fourth-order valence-corrected chi connectivity index (χ4v) is 2.38. The molecule has 2 aromatic rings. The van der Waals surface area contributed by atoms with Crippen LogP contribution >= 0.6 is 15.9 Å². The van der Waals surface area contributed by atoms with Gasteiger partial charge in [-0.3, -0.25) is 0 Å². The lowest BCUT2D eigenvalue weighted by atomic mass is 10.1. The first-order valence-corrected chi connectivity index (χ1v) is 6.33. The van der Waals surface area contributed by atoms with Crippen molar-refractivity contribution in [3.05, 3.63) is 58.2 Å². The summed E-state index contributed by atoms with van der Waals surface area (Å²) in [5.41, 5.74) is 2.58. The van der Waals surface area contributed by atoms with Crippen molar-refractivity contribution >= 4 is 21.7 Å². The van der Waals surface area contributed by atoms with E-state index in [4.69, 9.17) is 0 Å². The smallest absolute Gasteiger partial charge is 0.142 e. The molecule has 0 N–H and O–H groups in total. The van der Waals surface area contributed by atoms with Gasteiger partial charge < -0.3 is 4.90 Å². The quantitative estimate of drug-likeness (QED) is 0.855. The monoisotopic (exact) mass is 290 g/mol. The summed E-state index contributed by atoms with van der Waals surface area (Å²) in [6, 6.07) is 12.5. The number of anilines is 1. The van der Waals surface area contributed by atoms with E-state index in [0.29, 0.717) is 0 Å². The molecular weight excluding hydrogens is 276 g/mol. The van der Waals surface area contributed by atoms with Crippen LogP contribution in [-0.2, 0) is 6.54 Å². The molecule has 17 heavy (non-hydrogen) atoms. The molecule has 0 bridgehead atoms. The normalized spacial score (nSPS) is 10.3. The van der Waals surface area contributed by atoms with Crippen LogP contribution in [-0.4, -0.2) is 12.0 Å². The van der Waals surface area contributed by atoms with Crippen LogP contribution in [0.5, 0.6) is 0 Å². The average Bonchev–Trinajstić information content (AvgIpc) is 2.29. The number of hydrogen-bond donors (Lipinski definition) is 0. The van der Waals surface area contributed by atoms with Crippen LogP contribution in [0.15, 0.2) is 47.1 Å². The van der Waals surface area contributed by atoms with Crippen LogP contribution in [0.2, 0.25) is 0 Å². The average molecular weight is 291 g/mol. The van der Waals surface area contributed by atoms with Crippen molar-refractivity contribution in [3.63, 3.8) is 0 Å². The minimum Gasteiger partial charge on any atom is -0.354 e. The molecule has 1 aromatic heterocycles. The summed E-state index contributed by atoms with van der Waals surface area (Å²) in [7, 11) is 2.05. The zero-order valence-corrected chi connectivity index (χ0v) is 11.6. The van der Waals surface area contributed by atoms with Crippen LogP contribution in [0.25, 0.3) is 0 Å². The predicted molar refractivity (Wildman–Crippen MR) is 75.2 cm³/mol. The van der Waals surface area contributed by atoms with Gasteiger partial charge in [-0.15, -0.1) is 0 Å². The highest BCUT2D eigenvalue weighted by atomic mass is 79.9. The molecule has 1 aromatic carbocycles. The van der Waals surface area contributed by atoms with Crippen LogP contribution < -0.4 is 4.90 Å². The Labute approximate surface area is 110 Å². The molecule has 0 amide bonds. The number of rotatable bonds is 3. The minimum absolute atomic E-state index is 0.858. The maximum absolute atomic E-state index is 4.38. The first-order valence-electron chi connectivity index (χ1n) is 5.54. The Morgan fingerprint density at radius 1 is 1.24 bits per heavy atom. The van der Waals surface area contributed by atoms with Gasteiger partial charge in [-0.1, -0.05) is 29.8 Å². The molecule has 2 nitrogen and oxygen atoms in total. The third-order valence-electron chi connectivity index (χ3n) is 2.60. The van der Waals surface area contributed by atoms with Gasteiger partial charge in [-0.05, 0) is 40.5 Å². The van der Waals surface area contributed by atoms with Gasteiger partial charge in [0.25, 0.3) is 0 Å². The summed E-state index contributed by atoms with van der Waals surface area (Å²) in [4.78, 5) is 6.51. The number of hydrogen-bond acceptors (Lipinski definition) is 2. The van der Waals surface area contributed by atoms with Gasteiger partial charge in [0.05, 0.1) is 4.47 Å². The standard InChI is InChI=1S/C14H15BrN2/c1-11-5-3-6-12(9-11)10-17(2)14-13(15)7-4-8-16-14/h3-9H,10H2,1-2H3. The maximum atomic E-state index is 4.38. The Kier molecular flexibility index (Phi) is 3.79. The largest absolute Gasteiger partial charge is 0.354 e. The van der Waals surface area contributed by atoms with Gasteiger partial charge in [0.1, 0.15) is 5.82 Å². The molecule has 0 saturated carbocycles. The zero-order valence-electron chi connectivity index (χ0n) is 10.0. The van der Waals surface area contributed by atoms with Gasteiger partial charge in [0.15, 0.2) is 0 Å². The van der Waals surface area contributed by atoms with Gasteiger partial charge in [-0.2, -0.15) is 0 Å². The Morgan fingerprint density at radius 3 is 2.76 bits per heavy atom. The van der Waals surface area contributed by atoms with Gasteiger partial charge in [-0.25, -0.2) is 4.98 Å². The molecule has 0 unspecified atom stereocenters. The molecule has 0 radical (unpaired) electrons. The molecule has 0 aliphatic rings. The highest BCUT2D eigenvalue weighted by molar-refractivity contribution is 9.10. The summed E-state index contributed by atoms with van der Waals surface area (Å²) >= 11 is 3.52. The summed E-state index contributed by atoms with van der Waals surface area (Å²) in [5, 5.41) is 0. The van der Waals surface area contributed by atoms with Crippen LogP contribution in [0.3, 0.4) is 0 Å². The second-order valence-corrected chi connectivity index (χ2v) is 5.01. The van der Waals surface area contributed by atoms with Crippen LogP contribution in [0, 0.1) is 6.92 Å². The van der Waals surface area contributed by atoms with E-state index in [1.807, 2.05) is 18.3 Å².